The van der Waals surface area contributed by atoms with Crippen LogP contribution in [0.2, 0.25) is 0 Å². The monoisotopic (exact) mass is 249 g/mol. The van der Waals surface area contributed by atoms with Crippen LogP contribution >= 0.6 is 0 Å². The van der Waals surface area contributed by atoms with Crippen LogP contribution in [0.15, 0.2) is 67.0 Å². The second-order valence-electron chi connectivity index (χ2n) is 4.68. The maximum atomic E-state index is 10.3. The Bertz CT molecular complexity index is 679. The Labute approximate surface area is 112 Å². The van der Waals surface area contributed by atoms with Gasteiger partial charge in [0.15, 0.2) is 0 Å². The first-order valence-corrected chi connectivity index (χ1v) is 6.38. The molecule has 94 valence electrons. The van der Waals surface area contributed by atoms with Crippen LogP contribution in [0.25, 0.3) is 10.8 Å². The summed E-state index contributed by atoms with van der Waals surface area (Å²) in [5.74, 6) is 0. The molecule has 0 saturated heterocycles. The Morgan fingerprint density at radius 1 is 0.895 bits per heavy atom. The molecule has 2 heteroatoms. The molecule has 0 amide bonds. The van der Waals surface area contributed by atoms with Crippen LogP contribution in [0.3, 0.4) is 0 Å². The summed E-state index contributed by atoms with van der Waals surface area (Å²) in [6.45, 7) is 0. The molecule has 1 aromatic heterocycles. The van der Waals surface area contributed by atoms with Crippen LogP contribution < -0.4 is 0 Å². The second kappa shape index (κ2) is 5.21. The van der Waals surface area contributed by atoms with Gasteiger partial charge in [-0.25, -0.2) is 0 Å². The van der Waals surface area contributed by atoms with Gasteiger partial charge in [0.1, 0.15) is 0 Å². The van der Waals surface area contributed by atoms with Gasteiger partial charge in [-0.3, -0.25) is 4.98 Å². The zero-order valence-corrected chi connectivity index (χ0v) is 10.5. The van der Waals surface area contributed by atoms with E-state index in [0.717, 1.165) is 16.5 Å². The Morgan fingerprint density at radius 3 is 2.42 bits per heavy atom. The molecular formula is C17H15NO. The van der Waals surface area contributed by atoms with Crippen LogP contribution in [-0.2, 0) is 6.42 Å². The van der Waals surface area contributed by atoms with Crippen molar-refractivity contribution in [2.24, 2.45) is 0 Å². The largest absolute Gasteiger partial charge is 0.388 e. The molecule has 0 fully saturated rings. The summed E-state index contributed by atoms with van der Waals surface area (Å²) >= 11 is 0. The van der Waals surface area contributed by atoms with E-state index >= 15 is 0 Å². The molecule has 0 saturated carbocycles. The first-order chi connectivity index (χ1) is 9.33. The molecule has 1 atom stereocenters. The molecule has 0 spiro atoms. The van der Waals surface area contributed by atoms with Crippen LogP contribution in [0.1, 0.15) is 17.2 Å². The number of pyridine rings is 1. The third-order valence-electron chi connectivity index (χ3n) is 3.34. The number of rotatable bonds is 3. The minimum absolute atomic E-state index is 0.480. The number of fused-ring (bicyclic) bond motifs is 1. The summed E-state index contributed by atoms with van der Waals surface area (Å²) in [7, 11) is 0. The van der Waals surface area contributed by atoms with E-state index in [-0.39, 0.29) is 0 Å². The molecule has 3 aromatic rings. The number of hydrogen-bond donors (Lipinski definition) is 1. The topological polar surface area (TPSA) is 33.1 Å². The lowest BCUT2D eigenvalue weighted by Gasteiger charge is -2.12. The molecule has 1 N–H and O–H groups in total. The molecule has 2 aromatic carbocycles. The molecule has 2 nitrogen and oxygen atoms in total. The number of hydrogen-bond acceptors (Lipinski definition) is 2. The van der Waals surface area contributed by atoms with Crippen LogP contribution in [0, 0.1) is 0 Å². The van der Waals surface area contributed by atoms with E-state index in [0.29, 0.717) is 6.42 Å². The molecule has 0 aliphatic heterocycles. The van der Waals surface area contributed by atoms with Gasteiger partial charge in [-0.2, -0.15) is 0 Å². The highest BCUT2D eigenvalue weighted by atomic mass is 16.3. The van der Waals surface area contributed by atoms with E-state index in [1.165, 1.54) is 5.39 Å². The smallest absolute Gasteiger partial charge is 0.0830 e. The number of aliphatic hydroxyl groups is 1. The maximum absolute atomic E-state index is 10.3. The van der Waals surface area contributed by atoms with Crippen LogP contribution in [-0.4, -0.2) is 10.1 Å². The highest BCUT2D eigenvalue weighted by molar-refractivity contribution is 5.83. The van der Waals surface area contributed by atoms with Crippen molar-refractivity contribution in [1.82, 2.24) is 4.98 Å². The molecule has 0 radical (unpaired) electrons. The molecular weight excluding hydrogens is 234 g/mol. The van der Waals surface area contributed by atoms with Crippen molar-refractivity contribution in [3.05, 3.63) is 78.1 Å². The summed E-state index contributed by atoms with van der Waals surface area (Å²) in [6.07, 6.45) is 3.64. The molecule has 0 aliphatic carbocycles. The van der Waals surface area contributed by atoms with Gasteiger partial charge in [0, 0.05) is 18.8 Å². The SMILES string of the molecule is OC(Cc1ccncc1)c1ccc2ccccc2c1. The highest BCUT2D eigenvalue weighted by Crippen LogP contribution is 2.22. The van der Waals surface area contributed by atoms with Crippen molar-refractivity contribution in [1.29, 1.82) is 0 Å². The lowest BCUT2D eigenvalue weighted by atomic mass is 9.99. The second-order valence-corrected chi connectivity index (χ2v) is 4.68. The minimum atomic E-state index is -0.480. The maximum Gasteiger partial charge on any atom is 0.0830 e. The predicted molar refractivity (Wildman–Crippen MR) is 76.8 cm³/mol. The van der Waals surface area contributed by atoms with Crippen molar-refractivity contribution in [3.63, 3.8) is 0 Å². The molecule has 3 rings (SSSR count). The van der Waals surface area contributed by atoms with Gasteiger partial charge < -0.3 is 5.11 Å². The van der Waals surface area contributed by atoms with Crippen LogP contribution in [0.5, 0.6) is 0 Å². The average molecular weight is 249 g/mol. The zero-order valence-electron chi connectivity index (χ0n) is 10.5. The quantitative estimate of drug-likeness (QED) is 0.770. The molecule has 19 heavy (non-hydrogen) atoms. The van der Waals surface area contributed by atoms with E-state index in [2.05, 4.69) is 29.2 Å². The fourth-order valence-electron chi connectivity index (χ4n) is 2.28. The number of nitrogens with zero attached hydrogens (tertiary/aromatic N) is 1. The Hall–Kier alpha value is -2.19. The van der Waals surface area contributed by atoms with Gasteiger partial charge >= 0.3 is 0 Å². The van der Waals surface area contributed by atoms with Crippen molar-refractivity contribution in [2.75, 3.05) is 0 Å². The summed E-state index contributed by atoms with van der Waals surface area (Å²) in [4.78, 5) is 3.98. The number of benzene rings is 2. The lowest BCUT2D eigenvalue weighted by Crippen LogP contribution is -2.01. The lowest BCUT2D eigenvalue weighted by molar-refractivity contribution is 0.178. The zero-order chi connectivity index (χ0) is 13.1. The van der Waals surface area contributed by atoms with E-state index in [4.69, 9.17) is 0 Å². The summed E-state index contributed by atoms with van der Waals surface area (Å²) in [5.41, 5.74) is 2.05. The van der Waals surface area contributed by atoms with E-state index in [1.54, 1.807) is 12.4 Å². The van der Waals surface area contributed by atoms with Crippen LogP contribution in [0.4, 0.5) is 0 Å². The highest BCUT2D eigenvalue weighted by Gasteiger charge is 2.09. The minimum Gasteiger partial charge on any atom is -0.388 e. The first-order valence-electron chi connectivity index (χ1n) is 6.38. The van der Waals surface area contributed by atoms with Gasteiger partial charge in [-0.1, -0.05) is 36.4 Å². The molecule has 0 bridgehead atoms. The third-order valence-corrected chi connectivity index (χ3v) is 3.34. The van der Waals surface area contributed by atoms with Gasteiger partial charge in [-0.15, -0.1) is 0 Å². The number of aliphatic hydroxyl groups excluding tert-OH is 1. The Morgan fingerprint density at radius 2 is 1.63 bits per heavy atom. The van der Waals surface area contributed by atoms with Gasteiger partial charge in [0.2, 0.25) is 0 Å². The van der Waals surface area contributed by atoms with Crippen molar-refractivity contribution < 1.29 is 5.11 Å². The summed E-state index contributed by atoms with van der Waals surface area (Å²) in [6, 6.07) is 18.2. The molecule has 1 unspecified atom stereocenters. The standard InChI is InChI=1S/C17H15NO/c19-17(11-13-7-9-18-10-8-13)16-6-5-14-3-1-2-4-15(14)12-16/h1-10,12,17,19H,11H2. The van der Waals surface area contributed by atoms with Crippen molar-refractivity contribution >= 4 is 10.8 Å². The van der Waals surface area contributed by atoms with E-state index < -0.39 is 6.10 Å². The molecule has 0 aliphatic rings. The predicted octanol–water partition coefficient (Wildman–Crippen LogP) is 3.51. The van der Waals surface area contributed by atoms with Gasteiger partial charge in [0.05, 0.1) is 6.10 Å². The number of aromatic nitrogens is 1. The normalized spacial score (nSPS) is 12.5. The van der Waals surface area contributed by atoms with Gasteiger partial charge in [0.25, 0.3) is 0 Å². The average Bonchev–Trinajstić information content (AvgIpc) is 2.48. The fourth-order valence-corrected chi connectivity index (χ4v) is 2.28. The Balaban J connectivity index is 1.87. The fraction of sp³-hybridized carbons (Fsp3) is 0.118. The van der Waals surface area contributed by atoms with E-state index in [1.807, 2.05) is 30.3 Å². The van der Waals surface area contributed by atoms with E-state index in [9.17, 15) is 5.11 Å². The van der Waals surface area contributed by atoms with Gasteiger partial charge in [-0.05, 0) is 40.1 Å². The first kappa shape index (κ1) is 11.9. The molecule has 1 heterocycles. The van der Waals surface area contributed by atoms with Crippen molar-refractivity contribution in [2.45, 2.75) is 12.5 Å². The summed E-state index contributed by atoms with van der Waals surface area (Å²) in [5, 5.41) is 12.7. The third kappa shape index (κ3) is 2.64. The summed E-state index contributed by atoms with van der Waals surface area (Å²) < 4.78 is 0. The Kier molecular flexibility index (Phi) is 3.25. The van der Waals surface area contributed by atoms with Crippen molar-refractivity contribution in [3.8, 4) is 0 Å².